The van der Waals surface area contributed by atoms with Crippen LogP contribution in [0.25, 0.3) is 10.9 Å². The van der Waals surface area contributed by atoms with E-state index in [4.69, 9.17) is 9.72 Å². The Morgan fingerprint density at radius 2 is 1.68 bits per heavy atom. The predicted octanol–water partition coefficient (Wildman–Crippen LogP) is 6.79. The van der Waals surface area contributed by atoms with E-state index >= 15 is 0 Å². The number of ether oxygens (including phenoxy) is 1. The number of aromatic nitrogens is 1. The summed E-state index contributed by atoms with van der Waals surface area (Å²) < 4.78 is 6.02. The van der Waals surface area contributed by atoms with Crippen LogP contribution in [-0.2, 0) is 10.8 Å². The van der Waals surface area contributed by atoms with Gasteiger partial charge < -0.3 is 4.74 Å². The van der Waals surface area contributed by atoms with Gasteiger partial charge in [0.2, 0.25) is 0 Å². The minimum Gasteiger partial charge on any atom is -0.492 e. The van der Waals surface area contributed by atoms with Crippen molar-refractivity contribution in [1.82, 2.24) is 4.98 Å². The zero-order valence-electron chi connectivity index (χ0n) is 17.2. The Balaban J connectivity index is 2.58. The highest BCUT2D eigenvalue weighted by molar-refractivity contribution is 5.81. The lowest BCUT2D eigenvalue weighted by molar-refractivity contribution is 0.306. The van der Waals surface area contributed by atoms with E-state index in [2.05, 4.69) is 72.7 Å². The van der Waals surface area contributed by atoms with Crippen molar-refractivity contribution in [2.45, 2.75) is 85.0 Å². The topological polar surface area (TPSA) is 22.1 Å². The first-order valence-corrected chi connectivity index (χ1v) is 9.83. The number of rotatable bonds is 7. The van der Waals surface area contributed by atoms with E-state index in [0.717, 1.165) is 41.8 Å². The molecule has 1 unspecified atom stereocenters. The maximum absolute atomic E-state index is 6.02. The minimum absolute atomic E-state index is 0.0370. The lowest BCUT2D eigenvalue weighted by Crippen LogP contribution is -2.20. The van der Waals surface area contributed by atoms with Crippen LogP contribution >= 0.6 is 0 Å². The van der Waals surface area contributed by atoms with Crippen LogP contribution in [0.4, 0.5) is 0 Å². The molecule has 2 rings (SSSR count). The Morgan fingerprint density at radius 3 is 2.24 bits per heavy atom. The Hall–Kier alpha value is -1.57. The van der Waals surface area contributed by atoms with Crippen LogP contribution in [0.15, 0.2) is 24.3 Å². The summed E-state index contributed by atoms with van der Waals surface area (Å²) in [5.74, 6) is 0.932. The molecule has 1 heterocycles. The molecule has 0 aliphatic rings. The summed E-state index contributed by atoms with van der Waals surface area (Å²) in [5, 5.41) is 1.16. The molecule has 0 fully saturated rings. The molecule has 138 valence electrons. The fraction of sp³-hybridized carbons (Fsp3) is 0.609. The van der Waals surface area contributed by atoms with Crippen LogP contribution in [0.1, 0.15) is 85.4 Å². The number of benzene rings is 1. The molecule has 0 N–H and O–H groups in total. The van der Waals surface area contributed by atoms with Crippen LogP contribution < -0.4 is 4.74 Å². The first-order chi connectivity index (χ1) is 11.7. The van der Waals surface area contributed by atoms with Gasteiger partial charge in [-0.3, -0.25) is 0 Å². The number of fused-ring (bicyclic) bond motifs is 1. The molecule has 0 saturated carbocycles. The van der Waals surface area contributed by atoms with Gasteiger partial charge in [0.05, 0.1) is 17.8 Å². The van der Waals surface area contributed by atoms with Gasteiger partial charge in [0.25, 0.3) is 0 Å². The highest BCUT2D eigenvalue weighted by Gasteiger charge is 2.25. The molecule has 1 atom stereocenters. The summed E-state index contributed by atoms with van der Waals surface area (Å²) in [6, 6.07) is 8.97. The van der Waals surface area contributed by atoms with Crippen molar-refractivity contribution in [1.29, 1.82) is 0 Å². The average Bonchev–Trinajstić information content (AvgIpc) is 2.57. The third-order valence-corrected chi connectivity index (χ3v) is 5.23. The van der Waals surface area contributed by atoms with Crippen molar-refractivity contribution in [3.05, 3.63) is 35.5 Å². The predicted molar refractivity (Wildman–Crippen MR) is 109 cm³/mol. The van der Waals surface area contributed by atoms with E-state index in [1.165, 1.54) is 18.4 Å². The Kier molecular flexibility index (Phi) is 6.13. The highest BCUT2D eigenvalue weighted by Crippen LogP contribution is 2.36. The van der Waals surface area contributed by atoms with E-state index in [1.54, 1.807) is 0 Å². The zero-order valence-corrected chi connectivity index (χ0v) is 17.2. The number of pyridine rings is 1. The molecule has 0 saturated heterocycles. The van der Waals surface area contributed by atoms with Gasteiger partial charge in [-0.05, 0) is 42.4 Å². The van der Waals surface area contributed by atoms with Crippen molar-refractivity contribution >= 4 is 10.9 Å². The van der Waals surface area contributed by atoms with E-state index < -0.39 is 0 Å². The van der Waals surface area contributed by atoms with Gasteiger partial charge >= 0.3 is 0 Å². The molecule has 0 aliphatic carbocycles. The lowest BCUT2D eigenvalue weighted by Gasteiger charge is -2.29. The number of nitrogens with zero attached hydrogens (tertiary/aromatic N) is 1. The van der Waals surface area contributed by atoms with E-state index in [9.17, 15) is 0 Å². The molecule has 0 radical (unpaired) electrons. The highest BCUT2D eigenvalue weighted by atomic mass is 16.5. The first-order valence-electron chi connectivity index (χ1n) is 9.83. The van der Waals surface area contributed by atoms with Crippen LogP contribution in [0, 0.1) is 0 Å². The molecule has 1 aromatic heterocycles. The molecule has 2 heteroatoms. The quantitative estimate of drug-likeness (QED) is 0.553. The van der Waals surface area contributed by atoms with Gasteiger partial charge in [0, 0.05) is 10.8 Å². The summed E-state index contributed by atoms with van der Waals surface area (Å²) in [5.41, 5.74) is 3.73. The first kappa shape index (κ1) is 19.8. The lowest BCUT2D eigenvalue weighted by atomic mass is 9.76. The van der Waals surface area contributed by atoms with Crippen LogP contribution in [0.2, 0.25) is 0 Å². The van der Waals surface area contributed by atoms with Gasteiger partial charge in [-0.15, -0.1) is 0 Å². The van der Waals surface area contributed by atoms with Gasteiger partial charge in [-0.1, -0.05) is 67.0 Å². The summed E-state index contributed by atoms with van der Waals surface area (Å²) in [7, 11) is 0. The maximum atomic E-state index is 6.02. The molecular formula is C23H35NO. The number of hydrogen-bond donors (Lipinski definition) is 0. The van der Waals surface area contributed by atoms with E-state index in [-0.39, 0.29) is 10.8 Å². The SMILES string of the molecule is CCCOc1cc2ccc(C(C)(CC)CCC)cc2nc1C(C)(C)C. The third-order valence-electron chi connectivity index (χ3n) is 5.23. The molecule has 1 aromatic carbocycles. The van der Waals surface area contributed by atoms with Crippen molar-refractivity contribution in [3.8, 4) is 5.75 Å². The molecule has 0 aliphatic heterocycles. The molecule has 0 bridgehead atoms. The Morgan fingerprint density at radius 1 is 0.960 bits per heavy atom. The fourth-order valence-electron chi connectivity index (χ4n) is 3.46. The molecule has 25 heavy (non-hydrogen) atoms. The normalized spacial score (nSPS) is 14.5. The van der Waals surface area contributed by atoms with Crippen LogP contribution in [0.5, 0.6) is 5.75 Å². The average molecular weight is 342 g/mol. The van der Waals surface area contributed by atoms with Gasteiger partial charge in [0.1, 0.15) is 5.75 Å². The third kappa shape index (κ3) is 4.34. The largest absolute Gasteiger partial charge is 0.492 e. The van der Waals surface area contributed by atoms with Crippen molar-refractivity contribution in [3.63, 3.8) is 0 Å². The molecule has 2 nitrogen and oxygen atoms in total. The summed E-state index contributed by atoms with van der Waals surface area (Å²) in [6.07, 6.45) is 4.56. The Bertz CT molecular complexity index is 714. The minimum atomic E-state index is -0.0370. The zero-order chi connectivity index (χ0) is 18.7. The van der Waals surface area contributed by atoms with Crippen molar-refractivity contribution in [2.75, 3.05) is 6.61 Å². The van der Waals surface area contributed by atoms with Gasteiger partial charge in [-0.25, -0.2) is 4.98 Å². The van der Waals surface area contributed by atoms with Crippen molar-refractivity contribution < 1.29 is 4.74 Å². The second kappa shape index (κ2) is 7.76. The summed E-state index contributed by atoms with van der Waals surface area (Å²) >= 11 is 0. The summed E-state index contributed by atoms with van der Waals surface area (Å²) in [6.45, 7) is 16.4. The monoisotopic (exact) mass is 341 g/mol. The summed E-state index contributed by atoms with van der Waals surface area (Å²) in [4.78, 5) is 5.04. The van der Waals surface area contributed by atoms with Gasteiger partial charge in [-0.2, -0.15) is 0 Å². The standard InChI is InChI=1S/C23H35NO/c1-8-13-23(7,10-3)18-12-11-17-15-20(25-14-9-2)21(22(4,5)6)24-19(17)16-18/h11-12,15-16H,8-10,13-14H2,1-7H3. The second-order valence-electron chi connectivity index (χ2n) is 8.51. The van der Waals surface area contributed by atoms with Crippen LogP contribution in [-0.4, -0.2) is 11.6 Å². The number of hydrogen-bond acceptors (Lipinski definition) is 2. The molecule has 0 amide bonds. The van der Waals surface area contributed by atoms with E-state index in [1.807, 2.05) is 0 Å². The maximum Gasteiger partial charge on any atom is 0.141 e. The Labute approximate surface area is 154 Å². The molecular weight excluding hydrogens is 306 g/mol. The van der Waals surface area contributed by atoms with Gasteiger partial charge in [0.15, 0.2) is 0 Å². The van der Waals surface area contributed by atoms with Crippen LogP contribution in [0.3, 0.4) is 0 Å². The fourth-order valence-corrected chi connectivity index (χ4v) is 3.46. The van der Waals surface area contributed by atoms with E-state index in [0.29, 0.717) is 0 Å². The van der Waals surface area contributed by atoms with Crippen molar-refractivity contribution in [2.24, 2.45) is 0 Å². The second-order valence-corrected chi connectivity index (χ2v) is 8.51. The smallest absolute Gasteiger partial charge is 0.141 e. The molecule has 2 aromatic rings. The molecule has 0 spiro atoms.